The molecule has 5 nitrogen and oxygen atoms in total. The zero-order chi connectivity index (χ0) is 18.6. The van der Waals surface area contributed by atoms with Gasteiger partial charge in [-0.1, -0.05) is 64.7 Å². The van der Waals surface area contributed by atoms with Crippen LogP contribution in [0.25, 0.3) is 10.9 Å². The molecular weight excluding hydrogens is 330 g/mol. The summed E-state index contributed by atoms with van der Waals surface area (Å²) in [7, 11) is 0. The Balaban J connectivity index is 1.60. The lowest BCUT2D eigenvalue weighted by molar-refractivity contribution is -0.134. The number of unbranched alkanes of at least 4 members (excludes halogenated alkanes) is 9. The maximum absolute atomic E-state index is 11.9. The third kappa shape index (κ3) is 6.98. The maximum atomic E-state index is 11.9. The average molecular weight is 359 g/mol. The fraction of sp³-hybridized carbons (Fsp3) is 0.571. The number of hydrogen-bond donors (Lipinski definition) is 0. The van der Waals surface area contributed by atoms with E-state index in [2.05, 4.69) is 11.9 Å². The van der Waals surface area contributed by atoms with Gasteiger partial charge >= 0.3 is 11.6 Å². The summed E-state index contributed by atoms with van der Waals surface area (Å²) in [4.78, 5) is 27.4. The molecule has 0 atom stereocenters. The summed E-state index contributed by atoms with van der Waals surface area (Å²) >= 11 is 0. The molecule has 0 bridgehead atoms. The standard InChI is InChI=1S/C21H29NO4/c1-2-3-4-5-6-7-8-9-10-11-12-20(23)26-17-13-14-18-19(15-17)22-16-25-21(18)24/h13-16H,2-12H2,1H3. The fourth-order valence-electron chi connectivity index (χ4n) is 2.99. The number of ether oxygens (including phenoxy) is 1. The first-order chi connectivity index (χ1) is 12.7. The molecule has 2 rings (SSSR count). The Morgan fingerprint density at radius 2 is 1.65 bits per heavy atom. The Kier molecular flexibility index (Phi) is 8.87. The van der Waals surface area contributed by atoms with Crippen molar-refractivity contribution in [3.05, 3.63) is 35.0 Å². The first kappa shape index (κ1) is 20.1. The van der Waals surface area contributed by atoms with Crippen molar-refractivity contribution in [1.82, 2.24) is 4.98 Å². The molecule has 142 valence electrons. The first-order valence-electron chi connectivity index (χ1n) is 9.79. The van der Waals surface area contributed by atoms with E-state index < -0.39 is 5.63 Å². The monoisotopic (exact) mass is 359 g/mol. The Hall–Kier alpha value is -2.17. The molecule has 0 unspecified atom stereocenters. The van der Waals surface area contributed by atoms with Gasteiger partial charge in [-0.15, -0.1) is 0 Å². The first-order valence-corrected chi connectivity index (χ1v) is 9.79. The molecule has 0 fully saturated rings. The number of esters is 1. The van der Waals surface area contributed by atoms with E-state index in [1.807, 2.05) is 0 Å². The van der Waals surface area contributed by atoms with E-state index in [1.54, 1.807) is 18.2 Å². The lowest BCUT2D eigenvalue weighted by Crippen LogP contribution is -2.08. The maximum Gasteiger partial charge on any atom is 0.346 e. The molecule has 26 heavy (non-hydrogen) atoms. The number of fused-ring (bicyclic) bond motifs is 1. The highest BCUT2D eigenvalue weighted by molar-refractivity contribution is 5.80. The SMILES string of the molecule is CCCCCCCCCCCCC(=O)Oc1ccc2c(=O)ocnc2c1. The molecule has 0 saturated heterocycles. The minimum Gasteiger partial charge on any atom is -0.426 e. The molecule has 1 heterocycles. The fourth-order valence-corrected chi connectivity index (χ4v) is 2.99. The summed E-state index contributed by atoms with van der Waals surface area (Å²) in [5.41, 5.74) is 0.0173. The molecule has 5 heteroatoms. The zero-order valence-corrected chi connectivity index (χ0v) is 15.7. The van der Waals surface area contributed by atoms with Crippen molar-refractivity contribution < 1.29 is 13.9 Å². The molecule has 0 N–H and O–H groups in total. The van der Waals surface area contributed by atoms with Crippen LogP contribution in [0.4, 0.5) is 0 Å². The number of aromatic nitrogens is 1. The Morgan fingerprint density at radius 3 is 2.35 bits per heavy atom. The van der Waals surface area contributed by atoms with E-state index in [4.69, 9.17) is 9.15 Å². The molecule has 0 amide bonds. The minimum atomic E-state index is -0.446. The molecule has 1 aromatic carbocycles. The van der Waals surface area contributed by atoms with Gasteiger partial charge in [-0.3, -0.25) is 4.79 Å². The highest BCUT2D eigenvalue weighted by Crippen LogP contribution is 2.18. The van der Waals surface area contributed by atoms with Crippen LogP contribution in [0, 0.1) is 0 Å². The number of rotatable bonds is 12. The summed E-state index contributed by atoms with van der Waals surface area (Å²) in [6.07, 6.45) is 13.8. The van der Waals surface area contributed by atoms with Crippen LogP contribution < -0.4 is 10.4 Å². The largest absolute Gasteiger partial charge is 0.426 e. The highest BCUT2D eigenvalue weighted by Gasteiger charge is 2.07. The van der Waals surface area contributed by atoms with Crippen LogP contribution in [0.15, 0.2) is 33.8 Å². The van der Waals surface area contributed by atoms with Gasteiger partial charge in [-0.05, 0) is 18.6 Å². The molecule has 2 aromatic rings. The number of hydrogen-bond acceptors (Lipinski definition) is 5. The van der Waals surface area contributed by atoms with Gasteiger partial charge in [0.2, 0.25) is 0 Å². The van der Waals surface area contributed by atoms with Crippen LogP contribution in [0.5, 0.6) is 5.75 Å². The van der Waals surface area contributed by atoms with Crippen LogP contribution in [-0.4, -0.2) is 11.0 Å². The van der Waals surface area contributed by atoms with Gasteiger partial charge in [0.05, 0.1) is 10.9 Å². The van der Waals surface area contributed by atoms with Crippen molar-refractivity contribution in [3.63, 3.8) is 0 Å². The second-order valence-corrected chi connectivity index (χ2v) is 6.72. The molecular formula is C21H29NO4. The van der Waals surface area contributed by atoms with Crippen molar-refractivity contribution in [2.24, 2.45) is 0 Å². The van der Waals surface area contributed by atoms with Crippen LogP contribution >= 0.6 is 0 Å². The Labute approximate surface area is 154 Å². The van der Waals surface area contributed by atoms with Crippen LogP contribution in [0.3, 0.4) is 0 Å². The molecule has 0 radical (unpaired) electrons. The van der Waals surface area contributed by atoms with Crippen LogP contribution in [0.2, 0.25) is 0 Å². The van der Waals surface area contributed by atoms with Crippen molar-refractivity contribution in [2.45, 2.75) is 77.6 Å². The second kappa shape index (κ2) is 11.4. The second-order valence-electron chi connectivity index (χ2n) is 6.72. The summed E-state index contributed by atoms with van der Waals surface area (Å²) in [5, 5.41) is 0.377. The van der Waals surface area contributed by atoms with Gasteiger partial charge < -0.3 is 9.15 Å². The Morgan fingerprint density at radius 1 is 1.00 bits per heavy atom. The van der Waals surface area contributed by atoms with Crippen LogP contribution in [0.1, 0.15) is 77.6 Å². The lowest BCUT2D eigenvalue weighted by atomic mass is 10.1. The molecule has 1 aromatic heterocycles. The molecule has 0 saturated carbocycles. The quantitative estimate of drug-likeness (QED) is 0.288. The molecule has 0 aliphatic carbocycles. The van der Waals surface area contributed by atoms with Crippen molar-refractivity contribution in [1.29, 1.82) is 0 Å². The van der Waals surface area contributed by atoms with Crippen molar-refractivity contribution in [2.75, 3.05) is 0 Å². The molecule has 0 aliphatic heterocycles. The van der Waals surface area contributed by atoms with E-state index in [9.17, 15) is 9.59 Å². The van der Waals surface area contributed by atoms with Gasteiger partial charge in [-0.25, -0.2) is 9.78 Å². The molecule has 0 spiro atoms. The van der Waals surface area contributed by atoms with E-state index in [0.29, 0.717) is 23.1 Å². The van der Waals surface area contributed by atoms with Gasteiger partial charge in [0.25, 0.3) is 0 Å². The topological polar surface area (TPSA) is 69.4 Å². The average Bonchev–Trinajstić information content (AvgIpc) is 2.63. The van der Waals surface area contributed by atoms with Crippen molar-refractivity contribution in [3.8, 4) is 5.75 Å². The number of carbonyl (C=O) groups is 1. The summed E-state index contributed by atoms with van der Waals surface area (Å²) < 4.78 is 10.0. The van der Waals surface area contributed by atoms with Gasteiger partial charge in [0, 0.05) is 12.5 Å². The van der Waals surface area contributed by atoms with E-state index >= 15 is 0 Å². The normalized spacial score (nSPS) is 11.0. The smallest absolute Gasteiger partial charge is 0.346 e. The van der Waals surface area contributed by atoms with Crippen molar-refractivity contribution >= 4 is 16.9 Å². The summed E-state index contributed by atoms with van der Waals surface area (Å²) in [5.74, 6) is 0.166. The van der Waals surface area contributed by atoms with Crippen LogP contribution in [-0.2, 0) is 4.79 Å². The highest BCUT2D eigenvalue weighted by atomic mass is 16.5. The van der Waals surface area contributed by atoms with Gasteiger partial charge in [0.1, 0.15) is 5.75 Å². The lowest BCUT2D eigenvalue weighted by Gasteiger charge is -2.05. The predicted molar refractivity (Wildman–Crippen MR) is 102 cm³/mol. The summed E-state index contributed by atoms with van der Waals surface area (Å²) in [6, 6.07) is 4.75. The number of nitrogens with zero attached hydrogens (tertiary/aromatic N) is 1. The van der Waals surface area contributed by atoms with Gasteiger partial charge in [0.15, 0.2) is 6.39 Å². The third-order valence-electron chi connectivity index (χ3n) is 4.51. The Bertz CT molecular complexity index is 738. The minimum absolute atomic E-state index is 0.244. The van der Waals surface area contributed by atoms with E-state index in [1.165, 1.54) is 51.4 Å². The zero-order valence-electron chi connectivity index (χ0n) is 15.7. The third-order valence-corrected chi connectivity index (χ3v) is 4.51. The summed E-state index contributed by atoms with van der Waals surface area (Å²) in [6.45, 7) is 2.24. The predicted octanol–water partition coefficient (Wildman–Crippen LogP) is 5.40. The molecule has 0 aliphatic rings. The van der Waals surface area contributed by atoms with E-state index in [-0.39, 0.29) is 5.97 Å². The number of benzene rings is 1. The van der Waals surface area contributed by atoms with E-state index in [0.717, 1.165) is 19.2 Å². The van der Waals surface area contributed by atoms with Gasteiger partial charge in [-0.2, -0.15) is 0 Å². The number of carbonyl (C=O) groups excluding carboxylic acids is 1.